The number of anilines is 1. The fourth-order valence-corrected chi connectivity index (χ4v) is 4.22. The lowest BCUT2D eigenvalue weighted by Gasteiger charge is -2.24. The Morgan fingerprint density at radius 2 is 1.82 bits per heavy atom. The average molecular weight is 464 g/mol. The van der Waals surface area contributed by atoms with Crippen molar-refractivity contribution < 1.29 is 19.1 Å². The van der Waals surface area contributed by atoms with Gasteiger partial charge in [-0.05, 0) is 61.6 Å². The summed E-state index contributed by atoms with van der Waals surface area (Å²) in [6, 6.07) is 13.4. The quantitative estimate of drug-likeness (QED) is 0.588. The summed E-state index contributed by atoms with van der Waals surface area (Å²) in [5, 5.41) is 9.10. The van der Waals surface area contributed by atoms with Crippen LogP contribution >= 0.6 is 0 Å². The first-order valence-corrected chi connectivity index (χ1v) is 12.1. The molecule has 2 aliphatic rings. The van der Waals surface area contributed by atoms with E-state index >= 15 is 0 Å². The van der Waals surface area contributed by atoms with Gasteiger partial charge in [-0.2, -0.15) is 5.10 Å². The van der Waals surface area contributed by atoms with Gasteiger partial charge in [-0.3, -0.25) is 9.59 Å². The standard InChI is InChI=1S/C27H33N3O4/c1-18(2)27(32)28-21-11-8-19(9-12-21)17-30-26(31)15-13-23(29-30)20-10-14-24(33-3)25(16-20)34-22-6-4-5-7-22/h8-12,14,16,18,22H,4-7,13,15,17H2,1-3H3,(H,28,32). The minimum atomic E-state index is -0.0829. The monoisotopic (exact) mass is 463 g/mol. The predicted octanol–water partition coefficient (Wildman–Crippen LogP) is 5.14. The number of amides is 2. The van der Waals surface area contributed by atoms with E-state index < -0.39 is 0 Å². The Morgan fingerprint density at radius 3 is 2.50 bits per heavy atom. The molecule has 0 spiro atoms. The van der Waals surface area contributed by atoms with Gasteiger partial charge in [0.1, 0.15) is 0 Å². The number of benzene rings is 2. The van der Waals surface area contributed by atoms with Crippen LogP contribution in [0.2, 0.25) is 0 Å². The Bertz CT molecular complexity index is 1060. The number of carbonyl (C=O) groups is 2. The average Bonchev–Trinajstić information content (AvgIpc) is 3.34. The topological polar surface area (TPSA) is 80.2 Å². The first-order valence-electron chi connectivity index (χ1n) is 12.1. The van der Waals surface area contributed by atoms with Crippen LogP contribution in [0.4, 0.5) is 5.69 Å². The molecule has 2 amide bonds. The zero-order valence-corrected chi connectivity index (χ0v) is 20.2. The molecule has 1 N–H and O–H groups in total. The van der Waals surface area contributed by atoms with E-state index in [-0.39, 0.29) is 23.8 Å². The SMILES string of the molecule is COc1ccc(C2=NN(Cc3ccc(NC(=O)C(C)C)cc3)C(=O)CC2)cc1OC1CCCC1. The lowest BCUT2D eigenvalue weighted by Crippen LogP contribution is -2.31. The van der Waals surface area contributed by atoms with Crippen molar-refractivity contribution in [3.63, 3.8) is 0 Å². The number of nitrogens with zero attached hydrogens (tertiary/aromatic N) is 2. The number of nitrogens with one attached hydrogen (secondary N) is 1. The van der Waals surface area contributed by atoms with Gasteiger partial charge in [0.25, 0.3) is 0 Å². The third-order valence-corrected chi connectivity index (χ3v) is 6.28. The number of carbonyl (C=O) groups excluding carboxylic acids is 2. The van der Waals surface area contributed by atoms with E-state index in [2.05, 4.69) is 10.4 Å². The summed E-state index contributed by atoms with van der Waals surface area (Å²) in [5.41, 5.74) is 3.49. The van der Waals surface area contributed by atoms with Crippen LogP contribution in [0.25, 0.3) is 0 Å². The van der Waals surface area contributed by atoms with Crippen molar-refractivity contribution in [2.24, 2.45) is 11.0 Å². The van der Waals surface area contributed by atoms with Gasteiger partial charge in [0, 0.05) is 30.0 Å². The fraction of sp³-hybridized carbons (Fsp3) is 0.444. The van der Waals surface area contributed by atoms with Crippen molar-refractivity contribution in [1.29, 1.82) is 0 Å². The van der Waals surface area contributed by atoms with E-state index in [9.17, 15) is 9.59 Å². The first-order chi connectivity index (χ1) is 16.4. The zero-order chi connectivity index (χ0) is 24.1. The molecule has 4 rings (SSSR count). The molecular weight excluding hydrogens is 430 g/mol. The van der Waals surface area contributed by atoms with Crippen LogP contribution in [0.3, 0.4) is 0 Å². The van der Waals surface area contributed by atoms with E-state index in [0.29, 0.717) is 25.1 Å². The summed E-state index contributed by atoms with van der Waals surface area (Å²) >= 11 is 0. The third kappa shape index (κ3) is 5.76. The molecule has 1 aliphatic heterocycles. The minimum absolute atomic E-state index is 0.00289. The van der Waals surface area contributed by atoms with Gasteiger partial charge in [-0.25, -0.2) is 5.01 Å². The Labute approximate surface area is 201 Å². The minimum Gasteiger partial charge on any atom is -0.493 e. The third-order valence-electron chi connectivity index (χ3n) is 6.28. The van der Waals surface area contributed by atoms with Gasteiger partial charge < -0.3 is 14.8 Å². The van der Waals surface area contributed by atoms with Crippen LogP contribution in [0.1, 0.15) is 63.5 Å². The maximum absolute atomic E-state index is 12.6. The number of hydrogen-bond acceptors (Lipinski definition) is 5. The van der Waals surface area contributed by atoms with Crippen LogP contribution in [0, 0.1) is 5.92 Å². The number of hydrogen-bond donors (Lipinski definition) is 1. The Hall–Kier alpha value is -3.35. The molecule has 0 unspecified atom stereocenters. The molecule has 1 saturated carbocycles. The van der Waals surface area contributed by atoms with Gasteiger partial charge in [0.2, 0.25) is 11.8 Å². The van der Waals surface area contributed by atoms with Crippen LogP contribution in [0.15, 0.2) is 47.6 Å². The molecule has 2 aromatic rings. The maximum Gasteiger partial charge on any atom is 0.243 e. The van der Waals surface area contributed by atoms with Crippen LogP contribution in [-0.2, 0) is 16.1 Å². The highest BCUT2D eigenvalue weighted by Gasteiger charge is 2.24. The highest BCUT2D eigenvalue weighted by Crippen LogP contribution is 2.33. The number of ether oxygens (including phenoxy) is 2. The van der Waals surface area contributed by atoms with Crippen LogP contribution in [0.5, 0.6) is 11.5 Å². The molecule has 7 nitrogen and oxygen atoms in total. The van der Waals surface area contributed by atoms with Crippen molar-refractivity contribution in [2.75, 3.05) is 12.4 Å². The molecule has 7 heteroatoms. The molecule has 0 radical (unpaired) electrons. The molecule has 0 aromatic heterocycles. The summed E-state index contributed by atoms with van der Waals surface area (Å²) in [6.07, 6.45) is 5.75. The largest absolute Gasteiger partial charge is 0.493 e. The molecule has 0 atom stereocenters. The van der Waals surface area contributed by atoms with E-state index in [1.54, 1.807) is 7.11 Å². The Balaban J connectivity index is 1.49. The van der Waals surface area contributed by atoms with E-state index in [1.165, 1.54) is 17.9 Å². The number of methoxy groups -OCH3 is 1. The lowest BCUT2D eigenvalue weighted by atomic mass is 10.0. The molecule has 1 aliphatic carbocycles. The van der Waals surface area contributed by atoms with Crippen molar-refractivity contribution >= 4 is 23.2 Å². The summed E-state index contributed by atoms with van der Waals surface area (Å²) in [4.78, 5) is 24.5. The second-order valence-corrected chi connectivity index (χ2v) is 9.23. The highest BCUT2D eigenvalue weighted by atomic mass is 16.5. The molecule has 0 saturated heterocycles. The van der Waals surface area contributed by atoms with E-state index in [1.807, 2.05) is 56.3 Å². The maximum atomic E-state index is 12.6. The van der Waals surface area contributed by atoms with Gasteiger partial charge in [-0.15, -0.1) is 0 Å². The van der Waals surface area contributed by atoms with Crippen LogP contribution in [-0.4, -0.2) is 35.7 Å². The van der Waals surface area contributed by atoms with Crippen molar-refractivity contribution in [3.05, 3.63) is 53.6 Å². The van der Waals surface area contributed by atoms with Gasteiger partial charge in [-0.1, -0.05) is 26.0 Å². The summed E-state index contributed by atoms with van der Waals surface area (Å²) in [6.45, 7) is 4.09. The summed E-state index contributed by atoms with van der Waals surface area (Å²) in [7, 11) is 1.65. The Morgan fingerprint density at radius 1 is 1.09 bits per heavy atom. The zero-order valence-electron chi connectivity index (χ0n) is 20.2. The van der Waals surface area contributed by atoms with E-state index in [4.69, 9.17) is 9.47 Å². The van der Waals surface area contributed by atoms with Crippen LogP contribution < -0.4 is 14.8 Å². The van der Waals surface area contributed by atoms with Crippen molar-refractivity contribution in [1.82, 2.24) is 5.01 Å². The molecule has 1 fully saturated rings. The number of rotatable bonds is 8. The first kappa shape index (κ1) is 23.8. The molecule has 2 aromatic carbocycles. The lowest BCUT2D eigenvalue weighted by molar-refractivity contribution is -0.132. The van der Waals surface area contributed by atoms with Crippen molar-refractivity contribution in [3.8, 4) is 11.5 Å². The normalized spacial score (nSPS) is 16.5. The summed E-state index contributed by atoms with van der Waals surface area (Å²) in [5.74, 6) is 1.34. The second kappa shape index (κ2) is 10.7. The smallest absolute Gasteiger partial charge is 0.243 e. The number of hydrazone groups is 1. The Kier molecular flexibility index (Phi) is 7.50. The predicted molar refractivity (Wildman–Crippen MR) is 132 cm³/mol. The molecule has 180 valence electrons. The summed E-state index contributed by atoms with van der Waals surface area (Å²) < 4.78 is 11.7. The molecule has 0 bridgehead atoms. The van der Waals surface area contributed by atoms with Gasteiger partial charge in [0.05, 0.1) is 25.5 Å². The molecular formula is C27H33N3O4. The van der Waals surface area contributed by atoms with Gasteiger partial charge in [0.15, 0.2) is 11.5 Å². The highest BCUT2D eigenvalue weighted by molar-refractivity contribution is 6.04. The molecule has 34 heavy (non-hydrogen) atoms. The van der Waals surface area contributed by atoms with E-state index in [0.717, 1.165) is 41.1 Å². The van der Waals surface area contributed by atoms with Gasteiger partial charge >= 0.3 is 0 Å². The second-order valence-electron chi connectivity index (χ2n) is 9.23. The fourth-order valence-electron chi connectivity index (χ4n) is 4.22. The van der Waals surface area contributed by atoms with Crippen molar-refractivity contribution in [2.45, 2.75) is 65.0 Å². The molecule has 1 heterocycles.